The molecule has 0 saturated heterocycles. The van der Waals surface area contributed by atoms with E-state index in [1.807, 2.05) is 21.1 Å². The molecule has 0 atom stereocenters. The molecule has 0 aliphatic rings. The quantitative estimate of drug-likeness (QED) is 0.445. The molecule has 0 bridgehead atoms. The zero-order chi connectivity index (χ0) is 12.1. The Hall–Kier alpha value is -0.120. The van der Waals surface area contributed by atoms with Crippen molar-refractivity contribution in [2.75, 3.05) is 40.8 Å². The van der Waals surface area contributed by atoms with Gasteiger partial charge >= 0.3 is 0 Å². The van der Waals surface area contributed by atoms with Gasteiger partial charge in [0.2, 0.25) is 0 Å². The van der Waals surface area contributed by atoms with Crippen LogP contribution in [0.2, 0.25) is 0 Å². The number of hydrogen-bond donors (Lipinski definition) is 3. The van der Waals surface area contributed by atoms with Crippen LogP contribution in [0.5, 0.6) is 0 Å². The Morgan fingerprint density at radius 2 is 0.938 bits per heavy atom. The third-order valence-electron chi connectivity index (χ3n) is 3.12. The van der Waals surface area contributed by atoms with E-state index in [1.54, 1.807) is 0 Å². The van der Waals surface area contributed by atoms with Crippen LogP contribution in [0.15, 0.2) is 0 Å². The van der Waals surface area contributed by atoms with E-state index >= 15 is 0 Å². The minimum atomic E-state index is 0.926. The topological polar surface area (TPSA) is 36.1 Å². The summed E-state index contributed by atoms with van der Waals surface area (Å²) in [5, 5.41) is 9.70. The first-order valence-corrected chi connectivity index (χ1v) is 6.79. The monoisotopic (exact) mass is 229 g/mol. The molecule has 3 nitrogen and oxygen atoms in total. The minimum Gasteiger partial charge on any atom is -0.320 e. The molecule has 0 unspecified atom stereocenters. The van der Waals surface area contributed by atoms with Crippen molar-refractivity contribution in [2.24, 2.45) is 5.92 Å². The number of rotatable bonds is 12. The lowest BCUT2D eigenvalue weighted by Crippen LogP contribution is -2.14. The molecule has 0 heterocycles. The second kappa shape index (κ2) is 12.9. The molecule has 0 amide bonds. The lowest BCUT2D eigenvalue weighted by molar-refractivity contribution is 0.382. The van der Waals surface area contributed by atoms with Crippen molar-refractivity contribution in [2.45, 2.75) is 38.5 Å². The second-order valence-corrected chi connectivity index (χ2v) is 4.60. The van der Waals surface area contributed by atoms with Gasteiger partial charge < -0.3 is 16.0 Å². The van der Waals surface area contributed by atoms with E-state index in [0.29, 0.717) is 0 Å². The molecule has 0 aromatic heterocycles. The Labute approximate surface area is 102 Å². The average molecular weight is 229 g/mol. The SMILES string of the molecule is CNCCCC(CCCNC)CCCNC. The van der Waals surface area contributed by atoms with Gasteiger partial charge in [0.05, 0.1) is 0 Å². The summed E-state index contributed by atoms with van der Waals surface area (Å²) in [5.74, 6) is 0.926. The van der Waals surface area contributed by atoms with Gasteiger partial charge in [-0.05, 0) is 85.2 Å². The van der Waals surface area contributed by atoms with E-state index in [9.17, 15) is 0 Å². The average Bonchev–Trinajstić information content (AvgIpc) is 2.29. The summed E-state index contributed by atoms with van der Waals surface area (Å²) in [6, 6.07) is 0. The fourth-order valence-electron chi connectivity index (χ4n) is 2.14. The second-order valence-electron chi connectivity index (χ2n) is 4.60. The normalized spacial score (nSPS) is 11.2. The van der Waals surface area contributed by atoms with Gasteiger partial charge in [0, 0.05) is 0 Å². The molecule has 3 N–H and O–H groups in total. The van der Waals surface area contributed by atoms with Crippen molar-refractivity contribution < 1.29 is 0 Å². The molecule has 16 heavy (non-hydrogen) atoms. The van der Waals surface area contributed by atoms with Crippen LogP contribution in [0.25, 0.3) is 0 Å². The van der Waals surface area contributed by atoms with Crippen molar-refractivity contribution in [3.8, 4) is 0 Å². The molecular formula is C13H31N3. The molecule has 0 fully saturated rings. The molecule has 3 heteroatoms. The molecule has 0 saturated carbocycles. The van der Waals surface area contributed by atoms with Crippen molar-refractivity contribution in [3.05, 3.63) is 0 Å². The maximum absolute atomic E-state index is 3.23. The highest BCUT2D eigenvalue weighted by atomic mass is 14.8. The minimum absolute atomic E-state index is 0.926. The smallest absolute Gasteiger partial charge is 0.00518 e. The summed E-state index contributed by atoms with van der Waals surface area (Å²) in [6.45, 7) is 3.48. The first kappa shape index (κ1) is 15.9. The third kappa shape index (κ3) is 10.4. The van der Waals surface area contributed by atoms with E-state index in [-0.39, 0.29) is 0 Å². The predicted octanol–water partition coefficient (Wildman–Crippen LogP) is 1.60. The van der Waals surface area contributed by atoms with E-state index in [4.69, 9.17) is 0 Å². The van der Waals surface area contributed by atoms with Crippen LogP contribution in [-0.4, -0.2) is 40.8 Å². The van der Waals surface area contributed by atoms with Crippen LogP contribution in [0.3, 0.4) is 0 Å². The van der Waals surface area contributed by atoms with Crippen molar-refractivity contribution in [1.82, 2.24) is 16.0 Å². The lowest BCUT2D eigenvalue weighted by atomic mass is 9.92. The van der Waals surface area contributed by atoms with Crippen LogP contribution >= 0.6 is 0 Å². The molecule has 0 aromatic rings. The first-order chi connectivity index (χ1) is 7.85. The Morgan fingerprint density at radius 1 is 0.625 bits per heavy atom. The molecule has 0 rings (SSSR count). The Bertz CT molecular complexity index is 105. The largest absolute Gasteiger partial charge is 0.320 e. The van der Waals surface area contributed by atoms with Crippen molar-refractivity contribution in [3.63, 3.8) is 0 Å². The van der Waals surface area contributed by atoms with Gasteiger partial charge in [-0.15, -0.1) is 0 Å². The van der Waals surface area contributed by atoms with E-state index in [2.05, 4.69) is 16.0 Å². The van der Waals surface area contributed by atoms with Gasteiger partial charge in [-0.2, -0.15) is 0 Å². The summed E-state index contributed by atoms with van der Waals surface area (Å²) in [7, 11) is 6.12. The van der Waals surface area contributed by atoms with Gasteiger partial charge in [0.1, 0.15) is 0 Å². The van der Waals surface area contributed by atoms with E-state index < -0.39 is 0 Å². The van der Waals surface area contributed by atoms with Gasteiger partial charge in [-0.25, -0.2) is 0 Å². The summed E-state index contributed by atoms with van der Waals surface area (Å²) in [6.07, 6.45) is 8.11. The summed E-state index contributed by atoms with van der Waals surface area (Å²) < 4.78 is 0. The Kier molecular flexibility index (Phi) is 12.9. The Morgan fingerprint density at radius 3 is 1.19 bits per heavy atom. The zero-order valence-electron chi connectivity index (χ0n) is 11.4. The molecule has 0 spiro atoms. The van der Waals surface area contributed by atoms with E-state index in [1.165, 1.54) is 38.5 Å². The van der Waals surface area contributed by atoms with Gasteiger partial charge in [0.25, 0.3) is 0 Å². The molecule has 0 aromatic carbocycles. The summed E-state index contributed by atoms with van der Waals surface area (Å²) in [5.41, 5.74) is 0. The fourth-order valence-corrected chi connectivity index (χ4v) is 2.14. The highest BCUT2D eigenvalue weighted by molar-refractivity contribution is 4.62. The predicted molar refractivity (Wildman–Crippen MR) is 73.0 cm³/mol. The molecule has 0 aliphatic heterocycles. The summed E-state index contributed by atoms with van der Waals surface area (Å²) in [4.78, 5) is 0. The lowest BCUT2D eigenvalue weighted by Gasteiger charge is -2.16. The summed E-state index contributed by atoms with van der Waals surface area (Å²) >= 11 is 0. The first-order valence-electron chi connectivity index (χ1n) is 6.79. The third-order valence-corrected chi connectivity index (χ3v) is 3.12. The van der Waals surface area contributed by atoms with Crippen LogP contribution in [0, 0.1) is 5.92 Å². The maximum Gasteiger partial charge on any atom is -0.00518 e. The van der Waals surface area contributed by atoms with Crippen molar-refractivity contribution >= 4 is 0 Å². The van der Waals surface area contributed by atoms with Gasteiger partial charge in [-0.3, -0.25) is 0 Å². The van der Waals surface area contributed by atoms with Crippen molar-refractivity contribution in [1.29, 1.82) is 0 Å². The van der Waals surface area contributed by atoms with Crippen LogP contribution < -0.4 is 16.0 Å². The molecule has 0 radical (unpaired) electrons. The Balaban J connectivity index is 3.58. The highest BCUT2D eigenvalue weighted by Crippen LogP contribution is 2.18. The standard InChI is InChI=1S/C13H31N3/c1-14-10-4-7-13(8-5-11-15-2)9-6-12-16-3/h13-16H,4-12H2,1-3H3. The zero-order valence-corrected chi connectivity index (χ0v) is 11.4. The van der Waals surface area contributed by atoms with Crippen LogP contribution in [0.1, 0.15) is 38.5 Å². The van der Waals surface area contributed by atoms with Crippen LogP contribution in [-0.2, 0) is 0 Å². The number of hydrogen-bond acceptors (Lipinski definition) is 3. The fraction of sp³-hybridized carbons (Fsp3) is 1.00. The van der Waals surface area contributed by atoms with Crippen LogP contribution in [0.4, 0.5) is 0 Å². The van der Waals surface area contributed by atoms with Gasteiger partial charge in [0.15, 0.2) is 0 Å². The van der Waals surface area contributed by atoms with E-state index in [0.717, 1.165) is 25.6 Å². The highest BCUT2D eigenvalue weighted by Gasteiger charge is 2.07. The van der Waals surface area contributed by atoms with Gasteiger partial charge in [-0.1, -0.05) is 0 Å². The number of nitrogens with one attached hydrogen (secondary N) is 3. The maximum atomic E-state index is 3.23. The molecule has 98 valence electrons. The molecular weight excluding hydrogens is 198 g/mol. The molecule has 0 aliphatic carbocycles.